The van der Waals surface area contributed by atoms with Crippen LogP contribution in [0.2, 0.25) is 0 Å². The Balaban J connectivity index is 1.44. The molecular weight excluding hydrogens is 502 g/mol. The number of aryl methyl sites for hydroxylation is 1. The summed E-state index contributed by atoms with van der Waals surface area (Å²) in [5, 5.41) is 4.23. The van der Waals surface area contributed by atoms with E-state index in [9.17, 15) is 8.78 Å². The van der Waals surface area contributed by atoms with Crippen molar-refractivity contribution < 1.29 is 18.3 Å². The molecule has 0 bridgehead atoms. The molecule has 1 N–H and O–H groups in total. The summed E-state index contributed by atoms with van der Waals surface area (Å²) in [6, 6.07) is 7.41. The standard InChI is InChI=1S/C29H38F2N6O2/c1-18-22(7-6-8-24(18)29(4,30)31)19(2)32-26-23-17-25(28(38-5)35-27(23)34-20(3)33-26)37-13-11-36(12-14-37)21-9-15-39-16-10-21/h6-8,17,19,21H,9-16H2,1-5H3,(H,32,33,34,35)/t19-/m1/s1. The van der Waals surface area contributed by atoms with Crippen LogP contribution in [0.25, 0.3) is 11.0 Å². The monoisotopic (exact) mass is 540 g/mol. The fraction of sp³-hybridized carbons (Fsp3) is 0.552. The van der Waals surface area contributed by atoms with Gasteiger partial charge in [-0.1, -0.05) is 18.2 Å². The third kappa shape index (κ3) is 5.77. The average Bonchev–Trinajstić information content (AvgIpc) is 2.92. The van der Waals surface area contributed by atoms with Crippen molar-refractivity contribution >= 4 is 22.5 Å². The van der Waals surface area contributed by atoms with Gasteiger partial charge < -0.3 is 19.7 Å². The molecule has 5 rings (SSSR count). The minimum atomic E-state index is -2.91. The maximum absolute atomic E-state index is 14.2. The van der Waals surface area contributed by atoms with Crippen molar-refractivity contribution in [3.63, 3.8) is 0 Å². The zero-order valence-corrected chi connectivity index (χ0v) is 23.4. The summed E-state index contributed by atoms with van der Waals surface area (Å²) in [7, 11) is 1.63. The number of nitrogens with one attached hydrogen (secondary N) is 1. The highest BCUT2D eigenvalue weighted by Crippen LogP contribution is 2.36. The number of pyridine rings is 1. The molecule has 2 aliphatic rings. The van der Waals surface area contributed by atoms with E-state index in [1.54, 1.807) is 20.1 Å². The Labute approximate surface area is 228 Å². The van der Waals surface area contributed by atoms with Crippen LogP contribution in [0.4, 0.5) is 20.3 Å². The number of anilines is 2. The van der Waals surface area contributed by atoms with E-state index in [0.717, 1.165) is 75.8 Å². The lowest BCUT2D eigenvalue weighted by Gasteiger charge is -2.41. The lowest BCUT2D eigenvalue weighted by Crippen LogP contribution is -2.51. The third-order valence-electron chi connectivity index (χ3n) is 7.97. The van der Waals surface area contributed by atoms with Crippen LogP contribution in [0.1, 0.15) is 55.2 Å². The first-order chi connectivity index (χ1) is 18.7. The number of fused-ring (bicyclic) bond motifs is 1. The zero-order valence-electron chi connectivity index (χ0n) is 23.4. The first-order valence-electron chi connectivity index (χ1n) is 13.7. The molecule has 1 atom stereocenters. The molecule has 210 valence electrons. The Hall–Kier alpha value is -3.11. The molecule has 3 aromatic rings. The van der Waals surface area contributed by atoms with Crippen molar-refractivity contribution in [1.82, 2.24) is 19.9 Å². The van der Waals surface area contributed by atoms with Crippen LogP contribution in [0, 0.1) is 13.8 Å². The molecule has 2 aromatic heterocycles. The lowest BCUT2D eigenvalue weighted by atomic mass is 9.94. The van der Waals surface area contributed by atoms with E-state index < -0.39 is 5.92 Å². The predicted octanol–water partition coefficient (Wildman–Crippen LogP) is 5.24. The van der Waals surface area contributed by atoms with E-state index in [0.29, 0.717) is 34.8 Å². The van der Waals surface area contributed by atoms with Crippen molar-refractivity contribution in [3.8, 4) is 5.88 Å². The van der Waals surface area contributed by atoms with Crippen molar-refractivity contribution in [3.05, 3.63) is 46.8 Å². The van der Waals surface area contributed by atoms with Crippen LogP contribution in [0.5, 0.6) is 5.88 Å². The second kappa shape index (κ2) is 11.2. The summed E-state index contributed by atoms with van der Waals surface area (Å²) in [5.41, 5.74) is 2.84. The van der Waals surface area contributed by atoms with Crippen molar-refractivity contribution in [2.45, 2.75) is 58.5 Å². The number of rotatable bonds is 7. The molecule has 1 aromatic carbocycles. The maximum Gasteiger partial charge on any atom is 0.270 e. The molecule has 4 heterocycles. The second-order valence-electron chi connectivity index (χ2n) is 10.6. The van der Waals surface area contributed by atoms with Crippen LogP contribution in [-0.4, -0.2) is 72.4 Å². The average molecular weight is 541 g/mol. The number of hydrogen-bond acceptors (Lipinski definition) is 8. The van der Waals surface area contributed by atoms with Gasteiger partial charge in [0.1, 0.15) is 17.3 Å². The van der Waals surface area contributed by atoms with Gasteiger partial charge in [0.15, 0.2) is 5.65 Å². The van der Waals surface area contributed by atoms with Crippen molar-refractivity contribution in [1.29, 1.82) is 0 Å². The fourth-order valence-corrected chi connectivity index (χ4v) is 5.88. The first kappa shape index (κ1) is 27.5. The summed E-state index contributed by atoms with van der Waals surface area (Å²) in [6.07, 6.45) is 2.17. The highest BCUT2D eigenvalue weighted by atomic mass is 19.3. The molecular formula is C29H38F2N6O2. The fourth-order valence-electron chi connectivity index (χ4n) is 5.88. The van der Waals surface area contributed by atoms with Crippen LogP contribution >= 0.6 is 0 Å². The molecule has 0 radical (unpaired) electrons. The van der Waals surface area contributed by atoms with E-state index in [2.05, 4.69) is 20.1 Å². The van der Waals surface area contributed by atoms with E-state index in [4.69, 9.17) is 19.4 Å². The highest BCUT2D eigenvalue weighted by molar-refractivity contribution is 5.90. The minimum absolute atomic E-state index is 0.0333. The summed E-state index contributed by atoms with van der Waals surface area (Å²) in [5.74, 6) is -1.19. The Morgan fingerprint density at radius 2 is 1.79 bits per heavy atom. The molecule has 2 aliphatic heterocycles. The Morgan fingerprint density at radius 1 is 1.08 bits per heavy atom. The Morgan fingerprint density at radius 3 is 2.46 bits per heavy atom. The van der Waals surface area contributed by atoms with E-state index >= 15 is 0 Å². The number of aromatic nitrogens is 3. The van der Waals surface area contributed by atoms with Gasteiger partial charge in [-0.15, -0.1) is 0 Å². The largest absolute Gasteiger partial charge is 0.479 e. The number of halogens is 2. The van der Waals surface area contributed by atoms with E-state index in [1.807, 2.05) is 26.0 Å². The molecule has 0 spiro atoms. The highest BCUT2D eigenvalue weighted by Gasteiger charge is 2.29. The minimum Gasteiger partial charge on any atom is -0.479 e. The smallest absolute Gasteiger partial charge is 0.270 e. The number of benzene rings is 1. The van der Waals surface area contributed by atoms with Gasteiger partial charge in [-0.25, -0.2) is 18.7 Å². The normalized spacial score (nSPS) is 18.4. The summed E-state index contributed by atoms with van der Waals surface area (Å²) in [4.78, 5) is 18.9. The van der Waals surface area contributed by atoms with Gasteiger partial charge in [-0.3, -0.25) is 4.90 Å². The molecule has 2 fully saturated rings. The van der Waals surface area contributed by atoms with Gasteiger partial charge in [-0.05, 0) is 50.8 Å². The van der Waals surface area contributed by atoms with Crippen LogP contribution in [0.15, 0.2) is 24.3 Å². The number of ether oxygens (including phenoxy) is 2. The van der Waals surface area contributed by atoms with Crippen LogP contribution in [-0.2, 0) is 10.7 Å². The Bertz CT molecular complexity index is 1320. The molecule has 2 saturated heterocycles. The Kier molecular flexibility index (Phi) is 7.87. The van der Waals surface area contributed by atoms with Crippen molar-refractivity contribution in [2.75, 3.05) is 56.7 Å². The SMILES string of the molecule is COc1nc2nc(C)nc(N[C@H](C)c3cccc(C(C)(F)F)c3C)c2cc1N1CCN(C2CCOCC2)CC1. The number of alkyl halides is 2. The molecule has 8 nitrogen and oxygen atoms in total. The van der Waals surface area contributed by atoms with Gasteiger partial charge in [0.2, 0.25) is 5.88 Å². The second-order valence-corrected chi connectivity index (χ2v) is 10.6. The molecule has 0 unspecified atom stereocenters. The van der Waals surface area contributed by atoms with Gasteiger partial charge in [0.05, 0.1) is 18.5 Å². The summed E-state index contributed by atoms with van der Waals surface area (Å²) >= 11 is 0. The number of methoxy groups -OCH3 is 1. The number of hydrogen-bond donors (Lipinski definition) is 1. The topological polar surface area (TPSA) is 75.6 Å². The summed E-state index contributed by atoms with van der Waals surface area (Å²) < 4.78 is 39.6. The third-order valence-corrected chi connectivity index (χ3v) is 7.97. The maximum atomic E-state index is 14.2. The quantitative estimate of drug-likeness (QED) is 0.436. The van der Waals surface area contributed by atoms with Gasteiger partial charge in [0, 0.05) is 57.9 Å². The van der Waals surface area contributed by atoms with Crippen LogP contribution < -0.4 is 15.0 Å². The molecule has 39 heavy (non-hydrogen) atoms. The summed E-state index contributed by atoms with van der Waals surface area (Å²) in [6.45, 7) is 11.8. The van der Waals surface area contributed by atoms with E-state index in [1.165, 1.54) is 6.07 Å². The molecule has 0 aliphatic carbocycles. The van der Waals surface area contributed by atoms with E-state index in [-0.39, 0.29) is 11.6 Å². The molecule has 10 heteroatoms. The molecule has 0 saturated carbocycles. The van der Waals surface area contributed by atoms with Gasteiger partial charge in [-0.2, -0.15) is 4.98 Å². The number of piperazine rings is 1. The zero-order chi connectivity index (χ0) is 27.7. The molecule has 0 amide bonds. The number of nitrogens with zero attached hydrogens (tertiary/aromatic N) is 5. The lowest BCUT2D eigenvalue weighted by molar-refractivity contribution is 0.0167. The van der Waals surface area contributed by atoms with Crippen LogP contribution in [0.3, 0.4) is 0 Å². The van der Waals surface area contributed by atoms with Crippen molar-refractivity contribution in [2.24, 2.45) is 0 Å². The predicted molar refractivity (Wildman–Crippen MR) is 149 cm³/mol. The van der Waals surface area contributed by atoms with Gasteiger partial charge in [0.25, 0.3) is 5.92 Å². The first-order valence-corrected chi connectivity index (χ1v) is 13.7. The van der Waals surface area contributed by atoms with Gasteiger partial charge >= 0.3 is 0 Å².